The summed E-state index contributed by atoms with van der Waals surface area (Å²) in [6.07, 6.45) is 6.45. The SMILES string of the molecule is C=C(C)C(=O)OC(CCl)(CCl)CCCCCCC. The minimum absolute atomic E-state index is 0.225. The van der Waals surface area contributed by atoms with Crippen LogP contribution in [0.15, 0.2) is 12.2 Å². The third-order valence-electron chi connectivity index (χ3n) is 2.88. The molecule has 0 unspecified atom stereocenters. The molecule has 0 aromatic rings. The molecule has 0 aromatic carbocycles. The second kappa shape index (κ2) is 9.69. The highest BCUT2D eigenvalue weighted by Crippen LogP contribution is 2.25. The molecule has 0 aliphatic carbocycles. The van der Waals surface area contributed by atoms with Gasteiger partial charge in [0.2, 0.25) is 0 Å². The number of hydrogen-bond acceptors (Lipinski definition) is 2. The summed E-state index contributed by atoms with van der Waals surface area (Å²) in [5.41, 5.74) is -0.369. The number of carbonyl (C=O) groups excluding carboxylic acids is 1. The van der Waals surface area contributed by atoms with Crippen molar-refractivity contribution >= 4 is 29.2 Å². The average molecular weight is 295 g/mol. The summed E-state index contributed by atoms with van der Waals surface area (Å²) >= 11 is 11.8. The average Bonchev–Trinajstić information content (AvgIpc) is 2.36. The minimum Gasteiger partial charge on any atom is -0.453 e. The first kappa shape index (κ1) is 17.8. The van der Waals surface area contributed by atoms with E-state index in [4.69, 9.17) is 27.9 Å². The zero-order valence-electron chi connectivity index (χ0n) is 11.4. The summed E-state index contributed by atoms with van der Waals surface area (Å²) in [4.78, 5) is 11.6. The second-order valence-electron chi connectivity index (χ2n) is 4.78. The van der Waals surface area contributed by atoms with Gasteiger partial charge in [-0.2, -0.15) is 0 Å². The Kier molecular flexibility index (Phi) is 9.57. The van der Waals surface area contributed by atoms with Gasteiger partial charge in [-0.3, -0.25) is 0 Å². The molecule has 18 heavy (non-hydrogen) atoms. The lowest BCUT2D eigenvalue weighted by molar-refractivity contribution is -0.151. The molecule has 0 amide bonds. The maximum atomic E-state index is 11.6. The van der Waals surface area contributed by atoms with E-state index in [1.54, 1.807) is 6.92 Å². The predicted molar refractivity (Wildman–Crippen MR) is 78.5 cm³/mol. The van der Waals surface area contributed by atoms with Crippen LogP contribution in [0, 0.1) is 0 Å². The Hall–Kier alpha value is -0.210. The summed E-state index contributed by atoms with van der Waals surface area (Å²) in [7, 11) is 0. The van der Waals surface area contributed by atoms with Gasteiger partial charge < -0.3 is 4.74 Å². The van der Waals surface area contributed by atoms with Crippen LogP contribution < -0.4 is 0 Å². The second-order valence-corrected chi connectivity index (χ2v) is 5.32. The van der Waals surface area contributed by atoms with Gasteiger partial charge in [-0.15, -0.1) is 23.2 Å². The molecular weight excluding hydrogens is 271 g/mol. The van der Waals surface area contributed by atoms with Crippen LogP contribution in [0.1, 0.15) is 52.4 Å². The number of carbonyl (C=O) groups is 1. The Morgan fingerprint density at radius 2 is 1.72 bits per heavy atom. The molecule has 0 spiro atoms. The van der Waals surface area contributed by atoms with Crippen molar-refractivity contribution in [3.63, 3.8) is 0 Å². The van der Waals surface area contributed by atoms with Gasteiger partial charge in [-0.25, -0.2) is 4.79 Å². The first-order chi connectivity index (χ1) is 8.51. The van der Waals surface area contributed by atoms with Crippen molar-refractivity contribution < 1.29 is 9.53 Å². The summed E-state index contributed by atoms with van der Waals surface area (Å²) in [6.45, 7) is 7.37. The van der Waals surface area contributed by atoms with Gasteiger partial charge in [0.05, 0.1) is 11.8 Å². The van der Waals surface area contributed by atoms with Crippen LogP contribution in [-0.4, -0.2) is 23.3 Å². The minimum atomic E-state index is -0.745. The summed E-state index contributed by atoms with van der Waals surface area (Å²) in [6, 6.07) is 0. The summed E-state index contributed by atoms with van der Waals surface area (Å²) < 4.78 is 5.40. The Morgan fingerprint density at radius 3 is 2.17 bits per heavy atom. The Balaban J connectivity index is 4.25. The number of halogens is 2. The summed E-state index contributed by atoms with van der Waals surface area (Å²) in [5, 5.41) is 0. The molecule has 4 heteroatoms. The van der Waals surface area contributed by atoms with Crippen molar-refractivity contribution in [2.75, 3.05) is 11.8 Å². The monoisotopic (exact) mass is 294 g/mol. The molecule has 2 nitrogen and oxygen atoms in total. The molecule has 0 heterocycles. The van der Waals surface area contributed by atoms with E-state index in [1.165, 1.54) is 19.3 Å². The topological polar surface area (TPSA) is 26.3 Å². The number of rotatable bonds is 10. The van der Waals surface area contributed by atoms with Crippen molar-refractivity contribution in [1.82, 2.24) is 0 Å². The first-order valence-electron chi connectivity index (χ1n) is 6.52. The molecule has 106 valence electrons. The lowest BCUT2D eigenvalue weighted by atomic mass is 9.99. The van der Waals surface area contributed by atoms with E-state index in [-0.39, 0.29) is 11.8 Å². The van der Waals surface area contributed by atoms with Crippen LogP contribution in [-0.2, 0) is 9.53 Å². The van der Waals surface area contributed by atoms with E-state index < -0.39 is 11.6 Å². The third kappa shape index (κ3) is 6.65. The van der Waals surface area contributed by atoms with Crippen molar-refractivity contribution in [2.24, 2.45) is 0 Å². The van der Waals surface area contributed by atoms with Crippen molar-refractivity contribution in [3.05, 3.63) is 12.2 Å². The molecule has 0 saturated heterocycles. The molecule has 0 aliphatic heterocycles. The number of alkyl halides is 2. The fraction of sp³-hybridized carbons (Fsp3) is 0.786. The maximum Gasteiger partial charge on any atom is 0.333 e. The smallest absolute Gasteiger partial charge is 0.333 e. The van der Waals surface area contributed by atoms with E-state index in [0.29, 0.717) is 12.0 Å². The number of ether oxygens (including phenoxy) is 1. The van der Waals surface area contributed by atoms with Crippen LogP contribution in [0.5, 0.6) is 0 Å². The van der Waals surface area contributed by atoms with E-state index in [9.17, 15) is 4.79 Å². The molecule has 0 aromatic heterocycles. The highest BCUT2D eigenvalue weighted by Gasteiger charge is 2.32. The number of esters is 1. The van der Waals surface area contributed by atoms with Gasteiger partial charge >= 0.3 is 5.97 Å². The third-order valence-corrected chi connectivity index (χ3v) is 3.85. The molecule has 0 aliphatic rings. The number of unbranched alkanes of at least 4 members (excludes halogenated alkanes) is 4. The summed E-state index contributed by atoms with van der Waals surface area (Å²) in [5.74, 6) is 0.0388. The van der Waals surface area contributed by atoms with Crippen LogP contribution in [0.2, 0.25) is 0 Å². The molecule has 0 saturated carbocycles. The molecule has 0 radical (unpaired) electrons. The van der Waals surface area contributed by atoms with Crippen molar-refractivity contribution in [3.8, 4) is 0 Å². The number of hydrogen-bond donors (Lipinski definition) is 0. The zero-order chi connectivity index (χ0) is 14.0. The maximum absolute atomic E-state index is 11.6. The van der Waals surface area contributed by atoms with Gasteiger partial charge in [-0.1, -0.05) is 39.2 Å². The van der Waals surface area contributed by atoms with Crippen LogP contribution >= 0.6 is 23.2 Å². The van der Waals surface area contributed by atoms with E-state index in [0.717, 1.165) is 12.8 Å². The van der Waals surface area contributed by atoms with Crippen LogP contribution in [0.4, 0.5) is 0 Å². The Bertz CT molecular complexity index is 261. The molecule has 0 bridgehead atoms. The van der Waals surface area contributed by atoms with Gasteiger partial charge in [-0.05, 0) is 19.8 Å². The molecule has 0 atom stereocenters. The van der Waals surface area contributed by atoms with E-state index >= 15 is 0 Å². The van der Waals surface area contributed by atoms with Crippen LogP contribution in [0.3, 0.4) is 0 Å². The van der Waals surface area contributed by atoms with Gasteiger partial charge in [0.1, 0.15) is 5.60 Å². The molecule has 0 rings (SSSR count). The Labute approximate surface area is 121 Å². The highest BCUT2D eigenvalue weighted by atomic mass is 35.5. The van der Waals surface area contributed by atoms with Crippen LogP contribution in [0.25, 0.3) is 0 Å². The van der Waals surface area contributed by atoms with Crippen molar-refractivity contribution in [1.29, 1.82) is 0 Å². The fourth-order valence-corrected chi connectivity index (χ4v) is 2.27. The lowest BCUT2D eigenvalue weighted by Crippen LogP contribution is -2.39. The van der Waals surface area contributed by atoms with Gasteiger partial charge in [0.15, 0.2) is 0 Å². The quantitative estimate of drug-likeness (QED) is 0.253. The normalized spacial score (nSPS) is 11.3. The largest absolute Gasteiger partial charge is 0.453 e. The fourth-order valence-electron chi connectivity index (χ4n) is 1.61. The first-order valence-corrected chi connectivity index (χ1v) is 7.59. The molecular formula is C14H24Cl2O2. The van der Waals surface area contributed by atoms with E-state index in [1.807, 2.05) is 0 Å². The predicted octanol–water partition coefficient (Wildman–Crippen LogP) is 4.68. The Morgan fingerprint density at radius 1 is 1.17 bits per heavy atom. The standard InChI is InChI=1S/C14H24Cl2O2/c1-4-5-6-7-8-9-14(10-15,11-16)18-13(17)12(2)3/h2,4-11H2,1,3H3. The van der Waals surface area contributed by atoms with Gasteiger partial charge in [0.25, 0.3) is 0 Å². The lowest BCUT2D eigenvalue weighted by Gasteiger charge is -2.29. The zero-order valence-corrected chi connectivity index (χ0v) is 12.9. The van der Waals surface area contributed by atoms with Crippen molar-refractivity contribution in [2.45, 2.75) is 58.0 Å². The van der Waals surface area contributed by atoms with E-state index in [2.05, 4.69) is 13.5 Å². The molecule has 0 fully saturated rings. The van der Waals surface area contributed by atoms with Gasteiger partial charge in [0, 0.05) is 5.57 Å². The molecule has 0 N–H and O–H groups in total. The highest BCUT2D eigenvalue weighted by molar-refractivity contribution is 6.22.